The second-order valence-electron chi connectivity index (χ2n) is 6.71. The molecule has 0 aromatic heterocycles. The van der Waals surface area contributed by atoms with Crippen LogP contribution in [0.5, 0.6) is 11.5 Å². The van der Waals surface area contributed by atoms with Crippen LogP contribution in [-0.2, 0) is 4.79 Å². The first-order chi connectivity index (χ1) is 11.0. The van der Waals surface area contributed by atoms with E-state index in [0.29, 0.717) is 23.3 Å². The van der Waals surface area contributed by atoms with Crippen molar-refractivity contribution in [3.05, 3.63) is 24.3 Å². The summed E-state index contributed by atoms with van der Waals surface area (Å²) in [6, 6.07) is 7.34. The van der Waals surface area contributed by atoms with Gasteiger partial charge in [-0.25, -0.2) is 5.43 Å². The van der Waals surface area contributed by atoms with Crippen molar-refractivity contribution in [2.75, 3.05) is 6.61 Å². The lowest BCUT2D eigenvalue weighted by atomic mass is 9.99. The van der Waals surface area contributed by atoms with Gasteiger partial charge in [0.1, 0.15) is 6.61 Å². The SMILES string of the molecule is CC(C)CC(CC(C)C)=NNC(=O)[C@H]1COc2ccccc2O1. The number of benzene rings is 1. The summed E-state index contributed by atoms with van der Waals surface area (Å²) in [7, 11) is 0. The highest BCUT2D eigenvalue weighted by Crippen LogP contribution is 2.30. The Kier molecular flexibility index (Phi) is 6.02. The Labute approximate surface area is 138 Å². The third-order valence-electron chi connectivity index (χ3n) is 3.41. The number of carbonyl (C=O) groups excluding carboxylic acids is 1. The van der Waals surface area contributed by atoms with E-state index < -0.39 is 6.10 Å². The molecule has 1 aliphatic heterocycles. The lowest BCUT2D eigenvalue weighted by Gasteiger charge is -2.25. The van der Waals surface area contributed by atoms with Crippen molar-refractivity contribution in [3.8, 4) is 11.5 Å². The third kappa shape index (κ3) is 5.27. The first kappa shape index (κ1) is 17.3. The molecule has 1 amide bonds. The number of hydrazone groups is 1. The molecule has 0 bridgehead atoms. The monoisotopic (exact) mass is 318 g/mol. The summed E-state index contributed by atoms with van der Waals surface area (Å²) in [5, 5.41) is 4.32. The Bertz CT molecular complexity index is 555. The van der Waals surface area contributed by atoms with Gasteiger partial charge in [0.15, 0.2) is 11.5 Å². The van der Waals surface area contributed by atoms with Gasteiger partial charge in [-0.05, 0) is 36.8 Å². The van der Waals surface area contributed by atoms with Crippen LogP contribution in [0.1, 0.15) is 40.5 Å². The number of hydrogen-bond donors (Lipinski definition) is 1. The molecule has 5 nitrogen and oxygen atoms in total. The lowest BCUT2D eigenvalue weighted by molar-refractivity contribution is -0.130. The maximum Gasteiger partial charge on any atom is 0.284 e. The Morgan fingerprint density at radius 3 is 2.39 bits per heavy atom. The summed E-state index contributed by atoms with van der Waals surface area (Å²) in [4.78, 5) is 12.3. The molecule has 1 atom stereocenters. The van der Waals surface area contributed by atoms with Crippen LogP contribution >= 0.6 is 0 Å². The fourth-order valence-electron chi connectivity index (χ4n) is 2.47. The average molecular weight is 318 g/mol. The molecule has 0 aliphatic carbocycles. The predicted molar refractivity (Wildman–Crippen MR) is 90.8 cm³/mol. The Morgan fingerprint density at radius 1 is 1.17 bits per heavy atom. The van der Waals surface area contributed by atoms with Crippen molar-refractivity contribution in [1.29, 1.82) is 0 Å². The van der Waals surface area contributed by atoms with Crippen molar-refractivity contribution in [2.24, 2.45) is 16.9 Å². The van der Waals surface area contributed by atoms with E-state index in [0.717, 1.165) is 18.6 Å². The lowest BCUT2D eigenvalue weighted by Crippen LogP contribution is -2.42. The van der Waals surface area contributed by atoms with Crippen molar-refractivity contribution in [2.45, 2.75) is 46.6 Å². The zero-order valence-electron chi connectivity index (χ0n) is 14.3. The molecule has 2 rings (SSSR count). The summed E-state index contributed by atoms with van der Waals surface area (Å²) in [6.07, 6.45) is 1.08. The van der Waals surface area contributed by atoms with Crippen molar-refractivity contribution < 1.29 is 14.3 Å². The van der Waals surface area contributed by atoms with Gasteiger partial charge in [0.2, 0.25) is 6.10 Å². The maximum absolute atomic E-state index is 12.3. The molecule has 1 aromatic carbocycles. The van der Waals surface area contributed by atoms with E-state index in [1.54, 1.807) is 6.07 Å². The van der Waals surface area contributed by atoms with Crippen molar-refractivity contribution in [1.82, 2.24) is 5.43 Å². The highest BCUT2D eigenvalue weighted by molar-refractivity contribution is 5.88. The van der Waals surface area contributed by atoms with Gasteiger partial charge in [-0.3, -0.25) is 4.79 Å². The number of hydrogen-bond acceptors (Lipinski definition) is 4. The van der Waals surface area contributed by atoms with Gasteiger partial charge in [-0.1, -0.05) is 39.8 Å². The smallest absolute Gasteiger partial charge is 0.284 e. The summed E-state index contributed by atoms with van der Waals surface area (Å²) >= 11 is 0. The Balaban J connectivity index is 1.96. The average Bonchev–Trinajstić information content (AvgIpc) is 2.50. The third-order valence-corrected chi connectivity index (χ3v) is 3.41. The zero-order chi connectivity index (χ0) is 16.8. The van der Waals surface area contributed by atoms with E-state index in [1.807, 2.05) is 18.2 Å². The van der Waals surface area contributed by atoms with Crippen LogP contribution < -0.4 is 14.9 Å². The number of para-hydroxylation sites is 2. The molecule has 1 aromatic rings. The van der Waals surface area contributed by atoms with Crippen LogP contribution in [0.3, 0.4) is 0 Å². The van der Waals surface area contributed by atoms with E-state index in [9.17, 15) is 4.79 Å². The summed E-state index contributed by atoms with van der Waals surface area (Å²) < 4.78 is 11.2. The number of ether oxygens (including phenoxy) is 2. The van der Waals surface area contributed by atoms with Crippen LogP contribution in [0.4, 0.5) is 0 Å². The molecule has 0 radical (unpaired) electrons. The zero-order valence-corrected chi connectivity index (χ0v) is 14.3. The fourth-order valence-corrected chi connectivity index (χ4v) is 2.47. The molecule has 1 aliphatic rings. The van der Waals surface area contributed by atoms with Crippen LogP contribution in [0.2, 0.25) is 0 Å². The van der Waals surface area contributed by atoms with Crippen LogP contribution in [0.25, 0.3) is 0 Å². The molecule has 23 heavy (non-hydrogen) atoms. The van der Waals surface area contributed by atoms with Crippen molar-refractivity contribution >= 4 is 11.6 Å². The molecule has 0 saturated heterocycles. The topological polar surface area (TPSA) is 59.9 Å². The molecule has 0 saturated carbocycles. The Morgan fingerprint density at radius 2 is 1.78 bits per heavy atom. The van der Waals surface area contributed by atoms with E-state index >= 15 is 0 Å². The predicted octanol–water partition coefficient (Wildman–Crippen LogP) is 3.39. The van der Waals surface area contributed by atoms with Gasteiger partial charge in [-0.2, -0.15) is 5.10 Å². The number of fused-ring (bicyclic) bond motifs is 1. The fraction of sp³-hybridized carbons (Fsp3) is 0.556. The quantitative estimate of drug-likeness (QED) is 0.646. The van der Waals surface area contributed by atoms with Gasteiger partial charge in [0, 0.05) is 5.71 Å². The minimum Gasteiger partial charge on any atom is -0.485 e. The molecular formula is C18H26N2O3. The van der Waals surface area contributed by atoms with Gasteiger partial charge in [0.25, 0.3) is 5.91 Å². The van der Waals surface area contributed by atoms with E-state index in [2.05, 4.69) is 38.2 Å². The number of carbonyl (C=O) groups is 1. The number of rotatable bonds is 6. The second-order valence-corrected chi connectivity index (χ2v) is 6.71. The Hall–Kier alpha value is -2.04. The summed E-state index contributed by atoms with van der Waals surface area (Å²) in [6.45, 7) is 8.78. The normalized spacial score (nSPS) is 16.3. The molecular weight excluding hydrogens is 292 g/mol. The number of nitrogens with zero attached hydrogens (tertiary/aromatic N) is 1. The minimum atomic E-state index is -0.673. The molecule has 126 valence electrons. The first-order valence-corrected chi connectivity index (χ1v) is 8.19. The van der Waals surface area contributed by atoms with Crippen LogP contribution in [0, 0.1) is 11.8 Å². The second kappa shape index (κ2) is 7.99. The van der Waals surface area contributed by atoms with Gasteiger partial charge in [0.05, 0.1) is 0 Å². The maximum atomic E-state index is 12.3. The highest BCUT2D eigenvalue weighted by Gasteiger charge is 2.27. The molecule has 0 spiro atoms. The van der Waals surface area contributed by atoms with Crippen LogP contribution in [0.15, 0.2) is 29.4 Å². The summed E-state index contributed by atoms with van der Waals surface area (Å²) in [5.74, 6) is 1.99. The number of nitrogens with one attached hydrogen (secondary N) is 1. The van der Waals surface area contributed by atoms with E-state index in [4.69, 9.17) is 9.47 Å². The molecule has 0 fully saturated rings. The summed E-state index contributed by atoms with van der Waals surface area (Å²) in [5.41, 5.74) is 3.65. The van der Waals surface area contributed by atoms with Gasteiger partial charge in [-0.15, -0.1) is 0 Å². The largest absolute Gasteiger partial charge is 0.485 e. The van der Waals surface area contributed by atoms with Crippen molar-refractivity contribution in [3.63, 3.8) is 0 Å². The van der Waals surface area contributed by atoms with E-state index in [1.165, 1.54) is 0 Å². The molecule has 1 N–H and O–H groups in total. The minimum absolute atomic E-state index is 0.196. The van der Waals surface area contributed by atoms with Gasteiger partial charge >= 0.3 is 0 Å². The highest BCUT2D eigenvalue weighted by atomic mass is 16.6. The standard InChI is InChI=1S/C18H26N2O3/c1-12(2)9-14(10-13(3)4)19-20-18(21)17-11-22-15-7-5-6-8-16(15)23-17/h5-8,12-13,17H,9-11H2,1-4H3,(H,20,21)/t17-/m1/s1. The van der Waals surface area contributed by atoms with Gasteiger partial charge < -0.3 is 9.47 Å². The first-order valence-electron chi connectivity index (χ1n) is 8.19. The van der Waals surface area contributed by atoms with E-state index in [-0.39, 0.29) is 12.5 Å². The van der Waals surface area contributed by atoms with Crippen LogP contribution in [-0.4, -0.2) is 24.3 Å². The molecule has 1 heterocycles. The molecule has 5 heteroatoms. The number of amides is 1. The molecule has 0 unspecified atom stereocenters.